The SMILES string of the molecule is CN=C(NCc1cnc(N(C)C)n1C)N1CCN(C(C)C(F)(F)F)CC1.I. The Labute approximate surface area is 175 Å². The Kier molecular flexibility index (Phi) is 8.64. The van der Waals surface area contributed by atoms with Crippen LogP contribution >= 0.6 is 24.0 Å². The summed E-state index contributed by atoms with van der Waals surface area (Å²) in [5, 5.41) is 3.28. The van der Waals surface area contributed by atoms with Gasteiger partial charge in [-0.05, 0) is 6.92 Å². The molecule has 2 heterocycles. The lowest BCUT2D eigenvalue weighted by molar-refractivity contribution is -0.181. The number of imidazole rings is 1. The van der Waals surface area contributed by atoms with Gasteiger partial charge in [0.25, 0.3) is 0 Å². The summed E-state index contributed by atoms with van der Waals surface area (Å²) in [6.45, 7) is 3.50. The number of nitrogens with one attached hydrogen (secondary N) is 1. The van der Waals surface area contributed by atoms with Crippen LogP contribution in [-0.2, 0) is 13.6 Å². The number of rotatable bonds is 4. The van der Waals surface area contributed by atoms with Crippen LogP contribution in [0.3, 0.4) is 0 Å². The van der Waals surface area contributed by atoms with E-state index in [2.05, 4.69) is 15.3 Å². The van der Waals surface area contributed by atoms with Gasteiger partial charge in [-0.1, -0.05) is 0 Å². The van der Waals surface area contributed by atoms with E-state index < -0.39 is 12.2 Å². The van der Waals surface area contributed by atoms with Crippen molar-refractivity contribution in [1.82, 2.24) is 24.7 Å². The Hall–Kier alpha value is -1.24. The fourth-order valence-electron chi connectivity index (χ4n) is 3.04. The minimum atomic E-state index is -4.19. The number of guanidine groups is 1. The van der Waals surface area contributed by atoms with Crippen LogP contribution in [0.2, 0.25) is 0 Å². The number of halogens is 4. The molecule has 1 saturated heterocycles. The Morgan fingerprint density at radius 2 is 1.89 bits per heavy atom. The Morgan fingerprint density at radius 1 is 1.30 bits per heavy atom. The van der Waals surface area contributed by atoms with Crippen LogP contribution in [0.4, 0.5) is 19.1 Å². The molecule has 11 heteroatoms. The maximum Gasteiger partial charge on any atom is 0.403 e. The first-order valence-electron chi connectivity index (χ1n) is 8.59. The Morgan fingerprint density at radius 3 is 2.33 bits per heavy atom. The van der Waals surface area contributed by atoms with Crippen LogP contribution in [0, 0.1) is 0 Å². The lowest BCUT2D eigenvalue weighted by atomic mass is 10.2. The van der Waals surface area contributed by atoms with Crippen LogP contribution in [0.15, 0.2) is 11.2 Å². The van der Waals surface area contributed by atoms with Gasteiger partial charge in [0.15, 0.2) is 5.96 Å². The molecule has 2 rings (SSSR count). The standard InChI is InChI=1S/C16H28F3N7.HI/c1-12(16(17,18)19)25-6-8-26(9-7-25)14(20-2)21-10-13-11-22-15(23(3)4)24(13)5;/h11-12H,6-10H2,1-5H3,(H,20,21);1H. The van der Waals surface area contributed by atoms with Gasteiger partial charge in [-0.2, -0.15) is 13.2 Å². The molecular weight excluding hydrogens is 474 g/mol. The minimum absolute atomic E-state index is 0. The largest absolute Gasteiger partial charge is 0.403 e. The molecule has 1 aliphatic rings. The van der Waals surface area contributed by atoms with Gasteiger partial charge in [0.05, 0.1) is 18.4 Å². The van der Waals surface area contributed by atoms with Crippen molar-refractivity contribution < 1.29 is 13.2 Å². The molecule has 0 radical (unpaired) electrons. The average molecular weight is 503 g/mol. The van der Waals surface area contributed by atoms with Crippen molar-refractivity contribution in [3.63, 3.8) is 0 Å². The molecule has 27 heavy (non-hydrogen) atoms. The number of piperazine rings is 1. The van der Waals surface area contributed by atoms with Gasteiger partial charge < -0.3 is 19.7 Å². The fourth-order valence-corrected chi connectivity index (χ4v) is 3.04. The van der Waals surface area contributed by atoms with Gasteiger partial charge in [0.2, 0.25) is 5.95 Å². The molecule has 1 aromatic heterocycles. The molecule has 1 atom stereocenters. The van der Waals surface area contributed by atoms with Gasteiger partial charge in [-0.15, -0.1) is 24.0 Å². The van der Waals surface area contributed by atoms with Crippen molar-refractivity contribution in [2.75, 3.05) is 52.2 Å². The van der Waals surface area contributed by atoms with Crippen LogP contribution in [0.1, 0.15) is 12.6 Å². The van der Waals surface area contributed by atoms with Gasteiger partial charge >= 0.3 is 6.18 Å². The van der Waals surface area contributed by atoms with E-state index in [1.807, 2.05) is 35.5 Å². The molecule has 7 nitrogen and oxygen atoms in total. The summed E-state index contributed by atoms with van der Waals surface area (Å²) in [6.07, 6.45) is -2.38. The normalized spacial score (nSPS) is 17.5. The molecular formula is C16H29F3IN7. The van der Waals surface area contributed by atoms with E-state index in [4.69, 9.17) is 0 Å². The molecule has 156 valence electrons. The zero-order valence-corrected chi connectivity index (χ0v) is 18.7. The van der Waals surface area contributed by atoms with E-state index >= 15 is 0 Å². The topological polar surface area (TPSA) is 51.9 Å². The van der Waals surface area contributed by atoms with E-state index in [1.54, 1.807) is 13.2 Å². The van der Waals surface area contributed by atoms with Crippen molar-refractivity contribution in [3.05, 3.63) is 11.9 Å². The van der Waals surface area contributed by atoms with Crippen molar-refractivity contribution >= 4 is 35.9 Å². The minimum Gasteiger partial charge on any atom is -0.351 e. The van der Waals surface area contributed by atoms with Crippen molar-refractivity contribution in [2.24, 2.45) is 12.0 Å². The predicted octanol–water partition coefficient (Wildman–Crippen LogP) is 1.75. The number of hydrogen-bond donors (Lipinski definition) is 1. The molecule has 1 aromatic rings. The van der Waals surface area contributed by atoms with E-state index in [-0.39, 0.29) is 24.0 Å². The number of anilines is 1. The van der Waals surface area contributed by atoms with Crippen LogP contribution in [-0.4, -0.2) is 84.9 Å². The highest BCUT2D eigenvalue weighted by Crippen LogP contribution is 2.25. The van der Waals surface area contributed by atoms with E-state index in [1.165, 1.54) is 11.8 Å². The summed E-state index contributed by atoms with van der Waals surface area (Å²) in [6, 6.07) is -1.42. The quantitative estimate of drug-likeness (QED) is 0.386. The molecule has 0 aliphatic carbocycles. The summed E-state index contributed by atoms with van der Waals surface area (Å²) >= 11 is 0. The summed E-state index contributed by atoms with van der Waals surface area (Å²) in [5.74, 6) is 1.54. The van der Waals surface area contributed by atoms with Crippen molar-refractivity contribution in [3.8, 4) is 0 Å². The molecule has 1 fully saturated rings. The summed E-state index contributed by atoms with van der Waals surface area (Å²) in [7, 11) is 7.49. The number of aliphatic imine (C=N–C) groups is 1. The van der Waals surface area contributed by atoms with Gasteiger partial charge in [-0.3, -0.25) is 9.89 Å². The Bertz CT molecular complexity index is 622. The lowest BCUT2D eigenvalue weighted by Crippen LogP contribution is -2.56. The third-order valence-corrected chi connectivity index (χ3v) is 4.73. The first-order chi connectivity index (χ1) is 12.1. The van der Waals surface area contributed by atoms with Gasteiger partial charge in [0, 0.05) is 54.4 Å². The highest BCUT2D eigenvalue weighted by Gasteiger charge is 2.41. The number of nitrogens with zero attached hydrogens (tertiary/aromatic N) is 6. The first kappa shape index (κ1) is 23.8. The van der Waals surface area contributed by atoms with Crippen LogP contribution < -0.4 is 10.2 Å². The smallest absolute Gasteiger partial charge is 0.351 e. The van der Waals surface area contributed by atoms with E-state index in [0.29, 0.717) is 38.7 Å². The van der Waals surface area contributed by atoms with Crippen molar-refractivity contribution in [1.29, 1.82) is 0 Å². The monoisotopic (exact) mass is 503 g/mol. The van der Waals surface area contributed by atoms with Crippen molar-refractivity contribution in [2.45, 2.75) is 25.7 Å². The van der Waals surface area contributed by atoms with E-state index in [9.17, 15) is 13.2 Å². The van der Waals surface area contributed by atoms with Gasteiger partial charge in [0.1, 0.15) is 6.04 Å². The van der Waals surface area contributed by atoms with Crippen LogP contribution in [0.5, 0.6) is 0 Å². The molecule has 1 unspecified atom stereocenters. The molecule has 0 bridgehead atoms. The first-order valence-corrected chi connectivity index (χ1v) is 8.59. The zero-order valence-electron chi connectivity index (χ0n) is 16.4. The average Bonchev–Trinajstić information content (AvgIpc) is 2.95. The summed E-state index contributed by atoms with van der Waals surface area (Å²) in [4.78, 5) is 14.0. The summed E-state index contributed by atoms with van der Waals surface area (Å²) < 4.78 is 40.6. The fraction of sp³-hybridized carbons (Fsp3) is 0.750. The van der Waals surface area contributed by atoms with Crippen LogP contribution in [0.25, 0.3) is 0 Å². The maximum atomic E-state index is 12.9. The number of aromatic nitrogens is 2. The number of alkyl halides is 3. The molecule has 0 aromatic carbocycles. The lowest BCUT2D eigenvalue weighted by Gasteiger charge is -2.39. The second kappa shape index (κ2) is 9.80. The molecule has 1 N–H and O–H groups in total. The highest BCUT2D eigenvalue weighted by atomic mass is 127. The van der Waals surface area contributed by atoms with Gasteiger partial charge in [-0.25, -0.2) is 4.98 Å². The Balaban J connectivity index is 0.00000364. The molecule has 1 aliphatic heterocycles. The third kappa shape index (κ3) is 5.87. The van der Waals surface area contributed by atoms with E-state index in [0.717, 1.165) is 11.6 Å². The maximum absolute atomic E-state index is 12.9. The molecule has 0 spiro atoms. The third-order valence-electron chi connectivity index (χ3n) is 4.73. The molecule has 0 amide bonds. The molecule has 0 saturated carbocycles. The summed E-state index contributed by atoms with van der Waals surface area (Å²) in [5.41, 5.74) is 0.999. The predicted molar refractivity (Wildman–Crippen MR) is 112 cm³/mol. The second-order valence-corrected chi connectivity index (χ2v) is 6.64. The zero-order chi connectivity index (χ0) is 19.5. The highest BCUT2D eigenvalue weighted by molar-refractivity contribution is 14.0. The second-order valence-electron chi connectivity index (χ2n) is 6.64. The number of hydrogen-bond acceptors (Lipinski definition) is 4.